The number of aryl methyl sites for hydroxylation is 1. The molecule has 0 bridgehead atoms. The fourth-order valence-electron chi connectivity index (χ4n) is 4.50. The van der Waals surface area contributed by atoms with E-state index in [1.54, 1.807) is 0 Å². The van der Waals surface area contributed by atoms with E-state index < -0.39 is 0 Å². The number of piperidine rings is 1. The normalized spacial score (nSPS) is 21.4. The number of ether oxygens (including phenoxy) is 1. The van der Waals surface area contributed by atoms with E-state index >= 15 is 0 Å². The second-order valence-electron chi connectivity index (χ2n) is 7.87. The first-order valence-electron chi connectivity index (χ1n) is 10.0. The second-order valence-corrected chi connectivity index (χ2v) is 7.87. The minimum Gasteiger partial charge on any atom is -0.370 e. The maximum absolute atomic E-state index is 12.8. The van der Waals surface area contributed by atoms with Crippen LogP contribution < -0.4 is 5.32 Å². The van der Waals surface area contributed by atoms with E-state index in [4.69, 9.17) is 4.74 Å². The third kappa shape index (κ3) is 3.31. The molecule has 1 N–H and O–H groups in total. The van der Waals surface area contributed by atoms with Crippen molar-refractivity contribution in [1.82, 2.24) is 24.9 Å². The molecule has 148 valence electrons. The van der Waals surface area contributed by atoms with Gasteiger partial charge in [0.2, 0.25) is 0 Å². The standard InChI is InChI=1S/C19H29N5O3/c1-3-20-18(26)24-10-6-19(7-11-24)12-15-14(13-27-19)16(21-22(15)2)17(25)23-8-4-5-9-23/h3-13H2,1-2H3,(H,20,26). The summed E-state index contributed by atoms with van der Waals surface area (Å²) in [4.78, 5) is 28.6. The van der Waals surface area contributed by atoms with E-state index in [0.29, 0.717) is 31.9 Å². The fourth-order valence-corrected chi connectivity index (χ4v) is 4.50. The van der Waals surface area contributed by atoms with Crippen LogP contribution in [0.25, 0.3) is 0 Å². The number of carbonyl (C=O) groups is 2. The Bertz CT molecular complexity index is 730. The van der Waals surface area contributed by atoms with Gasteiger partial charge in [0.25, 0.3) is 5.91 Å². The summed E-state index contributed by atoms with van der Waals surface area (Å²) in [5.41, 5.74) is 2.36. The van der Waals surface area contributed by atoms with Crippen molar-refractivity contribution in [2.24, 2.45) is 7.05 Å². The molecule has 1 aromatic heterocycles. The SMILES string of the molecule is CCNC(=O)N1CCC2(CC1)Cc1c(c(C(=O)N3CCCC3)nn1C)CO2. The predicted molar refractivity (Wildman–Crippen MR) is 99.4 cm³/mol. The van der Waals surface area contributed by atoms with Crippen molar-refractivity contribution in [3.63, 3.8) is 0 Å². The third-order valence-corrected chi connectivity index (χ3v) is 6.17. The Labute approximate surface area is 159 Å². The van der Waals surface area contributed by atoms with Crippen molar-refractivity contribution < 1.29 is 14.3 Å². The number of aromatic nitrogens is 2. The molecule has 2 fully saturated rings. The van der Waals surface area contributed by atoms with Crippen LogP contribution in [0.15, 0.2) is 0 Å². The molecule has 2 saturated heterocycles. The largest absolute Gasteiger partial charge is 0.370 e. The van der Waals surface area contributed by atoms with Crippen molar-refractivity contribution in [3.8, 4) is 0 Å². The molecule has 4 heterocycles. The summed E-state index contributed by atoms with van der Waals surface area (Å²) in [6, 6.07) is 0.00266. The summed E-state index contributed by atoms with van der Waals surface area (Å²) in [6.07, 6.45) is 4.52. The Morgan fingerprint density at radius 2 is 1.85 bits per heavy atom. The highest BCUT2D eigenvalue weighted by atomic mass is 16.5. The molecule has 0 aliphatic carbocycles. The topological polar surface area (TPSA) is 79.7 Å². The molecule has 27 heavy (non-hydrogen) atoms. The van der Waals surface area contributed by atoms with Crippen LogP contribution in [0.4, 0.5) is 4.79 Å². The highest BCUT2D eigenvalue weighted by Gasteiger charge is 2.42. The van der Waals surface area contributed by atoms with Crippen molar-refractivity contribution >= 4 is 11.9 Å². The number of hydrogen-bond acceptors (Lipinski definition) is 4. The van der Waals surface area contributed by atoms with Gasteiger partial charge < -0.3 is 19.9 Å². The Hall–Kier alpha value is -2.09. The number of nitrogens with one attached hydrogen (secondary N) is 1. The predicted octanol–water partition coefficient (Wildman–Crippen LogP) is 1.29. The molecular formula is C19H29N5O3. The average Bonchev–Trinajstić information content (AvgIpc) is 3.31. The summed E-state index contributed by atoms with van der Waals surface area (Å²) in [7, 11) is 1.92. The van der Waals surface area contributed by atoms with E-state index in [1.807, 2.05) is 28.5 Å². The minimum absolute atomic E-state index is 0.00266. The van der Waals surface area contributed by atoms with E-state index in [2.05, 4.69) is 10.4 Å². The molecule has 0 unspecified atom stereocenters. The Morgan fingerprint density at radius 3 is 2.52 bits per heavy atom. The van der Waals surface area contributed by atoms with Gasteiger partial charge >= 0.3 is 6.03 Å². The number of nitrogens with zero attached hydrogens (tertiary/aromatic N) is 4. The Balaban J connectivity index is 1.48. The van der Waals surface area contributed by atoms with Crippen LogP contribution in [-0.4, -0.2) is 69.8 Å². The van der Waals surface area contributed by atoms with Crippen LogP contribution in [0.1, 0.15) is 54.4 Å². The summed E-state index contributed by atoms with van der Waals surface area (Å²) in [6.45, 7) is 6.04. The zero-order chi connectivity index (χ0) is 19.0. The first-order valence-corrected chi connectivity index (χ1v) is 10.0. The third-order valence-electron chi connectivity index (χ3n) is 6.17. The molecule has 3 amide bonds. The molecule has 0 radical (unpaired) electrons. The van der Waals surface area contributed by atoms with Gasteiger partial charge in [-0.1, -0.05) is 0 Å². The van der Waals surface area contributed by atoms with Crippen molar-refractivity contribution in [1.29, 1.82) is 0 Å². The van der Waals surface area contributed by atoms with Crippen LogP contribution in [0, 0.1) is 0 Å². The van der Waals surface area contributed by atoms with E-state index in [0.717, 1.165) is 56.5 Å². The highest BCUT2D eigenvalue weighted by Crippen LogP contribution is 2.37. The van der Waals surface area contributed by atoms with E-state index in [1.165, 1.54) is 0 Å². The maximum Gasteiger partial charge on any atom is 0.317 e. The lowest BCUT2D eigenvalue weighted by Crippen LogP contribution is -2.52. The maximum atomic E-state index is 12.8. The van der Waals surface area contributed by atoms with Crippen molar-refractivity contribution in [2.45, 2.75) is 51.2 Å². The molecule has 8 nitrogen and oxygen atoms in total. The highest BCUT2D eigenvalue weighted by molar-refractivity contribution is 5.94. The molecule has 4 rings (SSSR count). The first kappa shape index (κ1) is 18.3. The zero-order valence-electron chi connectivity index (χ0n) is 16.3. The van der Waals surface area contributed by atoms with Gasteiger partial charge in [0, 0.05) is 57.4 Å². The van der Waals surface area contributed by atoms with Crippen LogP contribution in [-0.2, 0) is 24.8 Å². The van der Waals surface area contributed by atoms with Crippen LogP contribution in [0.5, 0.6) is 0 Å². The molecule has 3 aliphatic heterocycles. The van der Waals surface area contributed by atoms with Gasteiger partial charge in [0.15, 0.2) is 5.69 Å². The monoisotopic (exact) mass is 375 g/mol. The van der Waals surface area contributed by atoms with E-state index in [9.17, 15) is 9.59 Å². The van der Waals surface area contributed by atoms with Gasteiger partial charge in [-0.05, 0) is 32.6 Å². The van der Waals surface area contributed by atoms with Gasteiger partial charge in [-0.2, -0.15) is 5.10 Å². The lowest BCUT2D eigenvalue weighted by atomic mass is 9.83. The number of fused-ring (bicyclic) bond motifs is 1. The summed E-state index contributed by atoms with van der Waals surface area (Å²) >= 11 is 0. The molecule has 0 saturated carbocycles. The average molecular weight is 375 g/mol. The molecular weight excluding hydrogens is 346 g/mol. The van der Waals surface area contributed by atoms with Crippen LogP contribution in [0.3, 0.4) is 0 Å². The second kappa shape index (κ2) is 7.14. The number of carbonyl (C=O) groups excluding carboxylic acids is 2. The Morgan fingerprint density at radius 1 is 1.15 bits per heavy atom. The number of rotatable bonds is 2. The fraction of sp³-hybridized carbons (Fsp3) is 0.737. The van der Waals surface area contributed by atoms with Crippen LogP contribution >= 0.6 is 0 Å². The first-order chi connectivity index (χ1) is 13.0. The van der Waals surface area contributed by atoms with Gasteiger partial charge in [-0.3, -0.25) is 9.48 Å². The van der Waals surface area contributed by atoms with Crippen LogP contribution in [0.2, 0.25) is 0 Å². The zero-order valence-corrected chi connectivity index (χ0v) is 16.3. The molecule has 0 atom stereocenters. The molecule has 8 heteroatoms. The van der Waals surface area contributed by atoms with Gasteiger partial charge in [0.1, 0.15) is 0 Å². The molecule has 0 aromatic carbocycles. The van der Waals surface area contributed by atoms with Gasteiger partial charge in [-0.15, -0.1) is 0 Å². The summed E-state index contributed by atoms with van der Waals surface area (Å²) in [5, 5.41) is 7.42. The molecule has 1 aromatic rings. The van der Waals surface area contributed by atoms with Crippen molar-refractivity contribution in [3.05, 3.63) is 17.0 Å². The summed E-state index contributed by atoms with van der Waals surface area (Å²) in [5.74, 6) is 0.0370. The lowest BCUT2D eigenvalue weighted by Gasteiger charge is -2.43. The number of urea groups is 1. The van der Waals surface area contributed by atoms with E-state index in [-0.39, 0.29) is 17.5 Å². The quantitative estimate of drug-likeness (QED) is 0.845. The number of likely N-dealkylation sites (tertiary alicyclic amines) is 2. The number of amides is 3. The minimum atomic E-state index is -0.252. The summed E-state index contributed by atoms with van der Waals surface area (Å²) < 4.78 is 8.17. The molecule has 3 aliphatic rings. The van der Waals surface area contributed by atoms with Crippen molar-refractivity contribution in [2.75, 3.05) is 32.7 Å². The van der Waals surface area contributed by atoms with Gasteiger partial charge in [-0.25, -0.2) is 4.79 Å². The number of hydrogen-bond donors (Lipinski definition) is 1. The molecule has 1 spiro atoms. The Kier molecular flexibility index (Phi) is 4.84. The lowest BCUT2D eigenvalue weighted by molar-refractivity contribution is -0.0982. The smallest absolute Gasteiger partial charge is 0.317 e. The van der Waals surface area contributed by atoms with Gasteiger partial charge in [0.05, 0.1) is 12.2 Å².